The van der Waals surface area contributed by atoms with Gasteiger partial charge in [0.05, 0.1) is 6.20 Å². The molecule has 1 aromatic heterocycles. The van der Waals surface area contributed by atoms with Crippen molar-refractivity contribution < 1.29 is 0 Å². The first-order valence-electron chi connectivity index (χ1n) is 7.48. The molecule has 0 spiro atoms. The van der Waals surface area contributed by atoms with Crippen LogP contribution in [0.4, 0.5) is 0 Å². The van der Waals surface area contributed by atoms with E-state index in [1.807, 2.05) is 17.9 Å². The lowest BCUT2D eigenvalue weighted by Crippen LogP contribution is -2.27. The molecule has 2 aromatic rings. The normalized spacial score (nSPS) is 19.6. The lowest BCUT2D eigenvalue weighted by Gasteiger charge is -2.27. The molecule has 0 saturated carbocycles. The van der Waals surface area contributed by atoms with E-state index in [-0.39, 0.29) is 0 Å². The van der Waals surface area contributed by atoms with Gasteiger partial charge in [0.25, 0.3) is 0 Å². The first-order chi connectivity index (χ1) is 9.65. The Morgan fingerprint density at radius 1 is 1.30 bits per heavy atom. The monoisotopic (exact) mass is 269 g/mol. The van der Waals surface area contributed by atoms with Crippen LogP contribution in [0.3, 0.4) is 0 Å². The van der Waals surface area contributed by atoms with E-state index in [1.165, 1.54) is 35.2 Å². The molecule has 1 N–H and O–H groups in total. The second-order valence-electron chi connectivity index (χ2n) is 5.91. The van der Waals surface area contributed by atoms with Crippen molar-refractivity contribution in [1.82, 2.24) is 15.1 Å². The Kier molecular flexibility index (Phi) is 3.62. The van der Waals surface area contributed by atoms with E-state index in [9.17, 15) is 0 Å². The van der Waals surface area contributed by atoms with Gasteiger partial charge in [0.15, 0.2) is 0 Å². The molecule has 3 rings (SSSR count). The smallest absolute Gasteiger partial charge is 0.0540 e. The van der Waals surface area contributed by atoms with Crippen LogP contribution >= 0.6 is 0 Å². The summed E-state index contributed by atoms with van der Waals surface area (Å²) in [5.74, 6) is 0. The highest BCUT2D eigenvalue weighted by Gasteiger charge is 2.24. The lowest BCUT2D eigenvalue weighted by atomic mass is 9.92. The molecule has 0 fully saturated rings. The summed E-state index contributed by atoms with van der Waals surface area (Å²) in [5.41, 5.74) is 5.45. The minimum absolute atomic E-state index is 0.367. The minimum atomic E-state index is 0.367. The second-order valence-corrected chi connectivity index (χ2v) is 5.91. The molecular formula is C17H23N3. The van der Waals surface area contributed by atoms with Gasteiger partial charge in [0.1, 0.15) is 0 Å². The predicted molar refractivity (Wildman–Crippen MR) is 81.6 cm³/mol. The number of hydrogen-bond donors (Lipinski definition) is 1. The fourth-order valence-electron chi connectivity index (χ4n) is 3.13. The SMILES string of the molecule is Cc1ccc([C@@H](C)NC2CCCc3c2cnn3C)cc1. The summed E-state index contributed by atoms with van der Waals surface area (Å²) in [4.78, 5) is 0. The zero-order valence-electron chi connectivity index (χ0n) is 12.6. The van der Waals surface area contributed by atoms with Crippen molar-refractivity contribution in [1.29, 1.82) is 0 Å². The quantitative estimate of drug-likeness (QED) is 0.925. The standard InChI is InChI=1S/C17H23N3/c1-12-7-9-14(10-8-12)13(2)19-16-5-4-6-17-15(16)11-18-20(17)3/h7-11,13,16,19H,4-6H2,1-3H3/t13-,16?/m1/s1. The summed E-state index contributed by atoms with van der Waals surface area (Å²) in [5, 5.41) is 8.19. The van der Waals surface area contributed by atoms with E-state index in [0.717, 1.165) is 6.42 Å². The molecule has 0 aliphatic heterocycles. The summed E-state index contributed by atoms with van der Waals surface area (Å²) >= 11 is 0. The molecule has 106 valence electrons. The third kappa shape index (κ3) is 2.50. The van der Waals surface area contributed by atoms with Crippen molar-refractivity contribution >= 4 is 0 Å². The van der Waals surface area contributed by atoms with Gasteiger partial charge in [-0.2, -0.15) is 5.10 Å². The lowest BCUT2D eigenvalue weighted by molar-refractivity contribution is 0.411. The summed E-state index contributed by atoms with van der Waals surface area (Å²) in [6.45, 7) is 4.38. The summed E-state index contributed by atoms with van der Waals surface area (Å²) < 4.78 is 2.03. The molecule has 2 atom stereocenters. The molecule has 0 bridgehead atoms. The second kappa shape index (κ2) is 5.41. The molecular weight excluding hydrogens is 246 g/mol. The summed E-state index contributed by atoms with van der Waals surface area (Å²) in [7, 11) is 2.05. The third-order valence-electron chi connectivity index (χ3n) is 4.40. The van der Waals surface area contributed by atoms with Crippen LogP contribution in [0.5, 0.6) is 0 Å². The van der Waals surface area contributed by atoms with Crippen LogP contribution in [0.1, 0.15) is 54.2 Å². The van der Waals surface area contributed by atoms with Crippen LogP contribution in [0.2, 0.25) is 0 Å². The Bertz CT molecular complexity index is 583. The topological polar surface area (TPSA) is 29.9 Å². The Morgan fingerprint density at radius 3 is 2.80 bits per heavy atom. The Morgan fingerprint density at radius 2 is 2.05 bits per heavy atom. The average Bonchev–Trinajstić information content (AvgIpc) is 2.82. The number of nitrogens with one attached hydrogen (secondary N) is 1. The molecule has 0 amide bonds. The van der Waals surface area contributed by atoms with Gasteiger partial charge in [-0.1, -0.05) is 29.8 Å². The zero-order chi connectivity index (χ0) is 14.1. The average molecular weight is 269 g/mol. The van der Waals surface area contributed by atoms with E-state index in [0.29, 0.717) is 12.1 Å². The van der Waals surface area contributed by atoms with Crippen molar-refractivity contribution in [2.24, 2.45) is 7.05 Å². The van der Waals surface area contributed by atoms with Gasteiger partial charge in [-0.05, 0) is 38.7 Å². The van der Waals surface area contributed by atoms with Gasteiger partial charge in [0, 0.05) is 30.4 Å². The minimum Gasteiger partial charge on any atom is -0.303 e. The third-order valence-corrected chi connectivity index (χ3v) is 4.40. The molecule has 1 unspecified atom stereocenters. The highest BCUT2D eigenvalue weighted by atomic mass is 15.3. The Hall–Kier alpha value is -1.61. The van der Waals surface area contributed by atoms with Gasteiger partial charge in [-0.25, -0.2) is 0 Å². The molecule has 1 aromatic carbocycles. The highest BCUT2D eigenvalue weighted by molar-refractivity contribution is 5.27. The Labute approximate surface area is 121 Å². The van der Waals surface area contributed by atoms with Crippen molar-refractivity contribution in [2.45, 2.75) is 45.2 Å². The van der Waals surface area contributed by atoms with Gasteiger partial charge in [0.2, 0.25) is 0 Å². The van der Waals surface area contributed by atoms with Crippen molar-refractivity contribution in [3.63, 3.8) is 0 Å². The zero-order valence-corrected chi connectivity index (χ0v) is 12.6. The van der Waals surface area contributed by atoms with E-state index in [1.54, 1.807) is 0 Å². The van der Waals surface area contributed by atoms with Gasteiger partial charge >= 0.3 is 0 Å². The van der Waals surface area contributed by atoms with E-state index < -0.39 is 0 Å². The number of rotatable bonds is 3. The van der Waals surface area contributed by atoms with Crippen molar-refractivity contribution in [2.75, 3.05) is 0 Å². The fraction of sp³-hybridized carbons (Fsp3) is 0.471. The maximum absolute atomic E-state index is 4.42. The number of aromatic nitrogens is 2. The molecule has 3 heteroatoms. The van der Waals surface area contributed by atoms with Crippen LogP contribution in [0.25, 0.3) is 0 Å². The molecule has 0 radical (unpaired) electrons. The number of fused-ring (bicyclic) bond motifs is 1. The number of benzene rings is 1. The summed E-state index contributed by atoms with van der Waals surface area (Å²) in [6.07, 6.45) is 5.64. The van der Waals surface area contributed by atoms with E-state index in [4.69, 9.17) is 0 Å². The van der Waals surface area contributed by atoms with Gasteiger partial charge in [-0.15, -0.1) is 0 Å². The molecule has 0 saturated heterocycles. The summed E-state index contributed by atoms with van der Waals surface area (Å²) in [6, 6.07) is 9.61. The number of aryl methyl sites for hydroxylation is 2. The van der Waals surface area contributed by atoms with Crippen LogP contribution in [-0.2, 0) is 13.5 Å². The molecule has 20 heavy (non-hydrogen) atoms. The first-order valence-corrected chi connectivity index (χ1v) is 7.48. The first kappa shape index (κ1) is 13.4. The molecule has 1 aliphatic carbocycles. The van der Waals surface area contributed by atoms with Crippen LogP contribution in [0.15, 0.2) is 30.5 Å². The van der Waals surface area contributed by atoms with Crippen molar-refractivity contribution in [3.05, 3.63) is 52.8 Å². The van der Waals surface area contributed by atoms with Gasteiger partial charge in [-0.3, -0.25) is 4.68 Å². The molecule has 1 aliphatic rings. The predicted octanol–water partition coefficient (Wildman–Crippen LogP) is 3.46. The van der Waals surface area contributed by atoms with Crippen LogP contribution in [-0.4, -0.2) is 9.78 Å². The number of hydrogen-bond acceptors (Lipinski definition) is 2. The Balaban J connectivity index is 1.77. The van der Waals surface area contributed by atoms with Crippen LogP contribution in [0, 0.1) is 6.92 Å². The highest BCUT2D eigenvalue weighted by Crippen LogP contribution is 2.31. The van der Waals surface area contributed by atoms with Crippen molar-refractivity contribution in [3.8, 4) is 0 Å². The number of nitrogens with zero attached hydrogens (tertiary/aromatic N) is 2. The molecule has 3 nitrogen and oxygen atoms in total. The van der Waals surface area contributed by atoms with Gasteiger partial charge < -0.3 is 5.32 Å². The van der Waals surface area contributed by atoms with E-state index in [2.05, 4.69) is 48.5 Å². The largest absolute Gasteiger partial charge is 0.303 e. The molecule has 1 heterocycles. The maximum Gasteiger partial charge on any atom is 0.0540 e. The van der Waals surface area contributed by atoms with Crippen LogP contribution < -0.4 is 5.32 Å². The van der Waals surface area contributed by atoms with E-state index >= 15 is 0 Å². The maximum atomic E-state index is 4.42. The fourth-order valence-corrected chi connectivity index (χ4v) is 3.13.